The van der Waals surface area contributed by atoms with Gasteiger partial charge in [-0.15, -0.1) is 0 Å². The van der Waals surface area contributed by atoms with Crippen LogP contribution in [0.25, 0.3) is 0 Å². The Kier molecular flexibility index (Phi) is 3.09. The summed E-state index contributed by atoms with van der Waals surface area (Å²) in [5, 5.41) is 8.68. The fourth-order valence-corrected chi connectivity index (χ4v) is 1.57. The number of hydrogen-bond donors (Lipinski definition) is 1. The van der Waals surface area contributed by atoms with Gasteiger partial charge in [0.15, 0.2) is 5.78 Å². The molecule has 1 aliphatic carbocycles. The molecule has 0 aromatic heterocycles. The summed E-state index contributed by atoms with van der Waals surface area (Å²) in [5.74, 6) is -0.418. The molecule has 5 heteroatoms. The molecule has 0 fully saturated rings. The largest absolute Gasteiger partial charge is 0.480 e. The summed E-state index contributed by atoms with van der Waals surface area (Å²) in [4.78, 5) is 23.3. The Hall–Kier alpha value is -2.30. The van der Waals surface area contributed by atoms with Gasteiger partial charge in [-0.2, -0.15) is 0 Å². The molecule has 0 atom stereocenters. The number of carboxylic acid groups (broad SMARTS) is 1. The number of allylic oxidation sites excluding steroid dienone is 4. The van der Waals surface area contributed by atoms with Crippen molar-refractivity contribution in [3.05, 3.63) is 48.2 Å². The van der Waals surface area contributed by atoms with Crippen LogP contribution in [0.4, 0.5) is 0 Å². The molecule has 88 valence electrons. The maximum absolute atomic E-state index is 11.2. The number of aliphatic carboxylic acids is 1. The highest BCUT2D eigenvalue weighted by molar-refractivity contribution is 5.93. The van der Waals surface area contributed by atoms with Gasteiger partial charge in [-0.1, -0.05) is 12.2 Å². The summed E-state index contributed by atoms with van der Waals surface area (Å²) in [7, 11) is 0. The first-order chi connectivity index (χ1) is 8.15. The van der Waals surface area contributed by atoms with E-state index in [0.717, 1.165) is 5.57 Å². The molecule has 1 heterocycles. The third-order valence-corrected chi connectivity index (χ3v) is 2.31. The fraction of sp³-hybridized carbons (Fsp3) is 0.167. The van der Waals surface area contributed by atoms with E-state index in [1.54, 1.807) is 18.4 Å². The molecule has 0 bridgehead atoms. The molecule has 5 nitrogen and oxygen atoms in total. The topological polar surface area (TPSA) is 66.8 Å². The second-order valence-electron chi connectivity index (χ2n) is 3.66. The summed E-state index contributed by atoms with van der Waals surface area (Å²) in [5.41, 5.74) is 0.747. The molecule has 17 heavy (non-hydrogen) atoms. The zero-order valence-corrected chi connectivity index (χ0v) is 9.00. The SMILES string of the molecule is O=C(O)CN1C=COC(C2=CC=CC(=O)C2)=C1. The van der Waals surface area contributed by atoms with Crippen LogP contribution < -0.4 is 0 Å². The van der Waals surface area contributed by atoms with Crippen LogP contribution in [0.1, 0.15) is 6.42 Å². The van der Waals surface area contributed by atoms with Crippen LogP contribution in [-0.4, -0.2) is 28.3 Å². The van der Waals surface area contributed by atoms with Gasteiger partial charge < -0.3 is 14.7 Å². The van der Waals surface area contributed by atoms with E-state index >= 15 is 0 Å². The quantitative estimate of drug-likeness (QED) is 0.792. The second kappa shape index (κ2) is 4.69. The molecular formula is C12H11NO4. The van der Waals surface area contributed by atoms with Crippen LogP contribution in [-0.2, 0) is 14.3 Å². The van der Waals surface area contributed by atoms with E-state index in [4.69, 9.17) is 9.84 Å². The van der Waals surface area contributed by atoms with Crippen LogP contribution in [0.15, 0.2) is 48.2 Å². The van der Waals surface area contributed by atoms with E-state index in [9.17, 15) is 9.59 Å². The molecule has 1 N–H and O–H groups in total. The highest BCUT2D eigenvalue weighted by atomic mass is 16.5. The van der Waals surface area contributed by atoms with Gasteiger partial charge in [0.1, 0.15) is 18.6 Å². The van der Waals surface area contributed by atoms with Crippen LogP contribution in [0.2, 0.25) is 0 Å². The van der Waals surface area contributed by atoms with E-state index in [2.05, 4.69) is 0 Å². The van der Waals surface area contributed by atoms with Gasteiger partial charge in [-0.25, -0.2) is 0 Å². The molecule has 0 radical (unpaired) electrons. The van der Waals surface area contributed by atoms with Crippen molar-refractivity contribution < 1.29 is 19.4 Å². The Balaban J connectivity index is 2.13. The number of carbonyl (C=O) groups is 2. The highest BCUT2D eigenvalue weighted by Gasteiger charge is 2.16. The van der Waals surface area contributed by atoms with Crippen molar-refractivity contribution in [2.24, 2.45) is 0 Å². The number of hydrogen-bond acceptors (Lipinski definition) is 4. The van der Waals surface area contributed by atoms with Gasteiger partial charge >= 0.3 is 5.97 Å². The molecule has 1 aliphatic heterocycles. The molecule has 0 amide bonds. The van der Waals surface area contributed by atoms with E-state index in [0.29, 0.717) is 5.76 Å². The normalized spacial score (nSPS) is 18.6. The van der Waals surface area contributed by atoms with Gasteiger partial charge in [0.05, 0.1) is 0 Å². The van der Waals surface area contributed by atoms with Crippen molar-refractivity contribution in [1.82, 2.24) is 4.90 Å². The van der Waals surface area contributed by atoms with Crippen molar-refractivity contribution in [3.63, 3.8) is 0 Å². The Morgan fingerprint density at radius 1 is 1.53 bits per heavy atom. The van der Waals surface area contributed by atoms with Crippen molar-refractivity contribution in [2.45, 2.75) is 6.42 Å². The monoisotopic (exact) mass is 233 g/mol. The minimum absolute atomic E-state index is 0.00587. The lowest BCUT2D eigenvalue weighted by molar-refractivity contribution is -0.137. The smallest absolute Gasteiger partial charge is 0.323 e. The predicted octanol–water partition coefficient (Wildman–Crippen LogP) is 1.17. The lowest BCUT2D eigenvalue weighted by atomic mass is 10.0. The lowest BCUT2D eigenvalue weighted by Gasteiger charge is -2.21. The third-order valence-electron chi connectivity index (χ3n) is 2.31. The van der Waals surface area contributed by atoms with Gasteiger partial charge in [0, 0.05) is 24.4 Å². The molecule has 0 saturated heterocycles. The number of carboxylic acids is 1. The molecule has 2 rings (SSSR count). The Morgan fingerprint density at radius 2 is 2.35 bits per heavy atom. The number of ether oxygens (including phenoxy) is 1. The van der Waals surface area contributed by atoms with Crippen molar-refractivity contribution >= 4 is 11.8 Å². The fourth-order valence-electron chi connectivity index (χ4n) is 1.57. The molecule has 0 unspecified atom stereocenters. The summed E-state index contributed by atoms with van der Waals surface area (Å²) in [6.07, 6.45) is 9.72. The Bertz CT molecular complexity index is 471. The zero-order chi connectivity index (χ0) is 12.3. The third kappa shape index (κ3) is 2.84. The minimum atomic E-state index is -0.930. The van der Waals surface area contributed by atoms with E-state index in [-0.39, 0.29) is 18.7 Å². The predicted molar refractivity (Wildman–Crippen MR) is 59.5 cm³/mol. The summed E-state index contributed by atoms with van der Waals surface area (Å²) in [6.45, 7) is -0.138. The second-order valence-corrected chi connectivity index (χ2v) is 3.66. The van der Waals surface area contributed by atoms with Crippen molar-refractivity contribution in [2.75, 3.05) is 6.54 Å². The number of carbonyl (C=O) groups excluding carboxylic acids is 1. The molecule has 0 spiro atoms. The molecular weight excluding hydrogens is 222 g/mol. The number of ketones is 1. The first kappa shape index (κ1) is 11.2. The van der Waals surface area contributed by atoms with Gasteiger partial charge in [0.25, 0.3) is 0 Å². The summed E-state index contributed by atoms with van der Waals surface area (Å²) in [6, 6.07) is 0. The number of nitrogens with zero attached hydrogens (tertiary/aromatic N) is 1. The first-order valence-corrected chi connectivity index (χ1v) is 5.08. The van der Waals surface area contributed by atoms with E-state index in [1.165, 1.54) is 23.4 Å². The highest BCUT2D eigenvalue weighted by Crippen LogP contribution is 2.22. The van der Waals surface area contributed by atoms with Gasteiger partial charge in [0.2, 0.25) is 0 Å². The average Bonchev–Trinajstić information content (AvgIpc) is 2.28. The van der Waals surface area contributed by atoms with Crippen LogP contribution in [0.5, 0.6) is 0 Å². The lowest BCUT2D eigenvalue weighted by Crippen LogP contribution is -2.22. The Labute approximate surface area is 98.0 Å². The molecule has 0 saturated carbocycles. The molecule has 0 aromatic carbocycles. The molecule has 0 aromatic rings. The van der Waals surface area contributed by atoms with Crippen LogP contribution >= 0.6 is 0 Å². The zero-order valence-electron chi connectivity index (χ0n) is 9.00. The summed E-state index contributed by atoms with van der Waals surface area (Å²) < 4.78 is 5.27. The first-order valence-electron chi connectivity index (χ1n) is 5.08. The maximum Gasteiger partial charge on any atom is 0.323 e. The van der Waals surface area contributed by atoms with E-state index in [1.807, 2.05) is 0 Å². The Morgan fingerprint density at radius 3 is 3.06 bits per heavy atom. The molecule has 2 aliphatic rings. The van der Waals surface area contributed by atoms with Crippen molar-refractivity contribution in [3.8, 4) is 0 Å². The van der Waals surface area contributed by atoms with Gasteiger partial charge in [-0.3, -0.25) is 9.59 Å². The standard InChI is InChI=1S/C12H11NO4/c14-10-3-1-2-9(6-10)11-7-13(4-5-17-11)8-12(15)16/h1-5,7H,6,8H2,(H,15,16). The van der Waals surface area contributed by atoms with Gasteiger partial charge in [-0.05, 0) is 6.08 Å². The van der Waals surface area contributed by atoms with Crippen LogP contribution in [0.3, 0.4) is 0 Å². The van der Waals surface area contributed by atoms with E-state index < -0.39 is 5.97 Å². The summed E-state index contributed by atoms with van der Waals surface area (Å²) >= 11 is 0. The minimum Gasteiger partial charge on any atom is -0.480 e. The van der Waals surface area contributed by atoms with Crippen LogP contribution in [0, 0.1) is 0 Å². The maximum atomic E-state index is 11.2. The number of rotatable bonds is 3. The average molecular weight is 233 g/mol. The van der Waals surface area contributed by atoms with Crippen molar-refractivity contribution in [1.29, 1.82) is 0 Å².